The first-order valence-corrected chi connectivity index (χ1v) is 5.57. The van der Waals surface area contributed by atoms with Gasteiger partial charge in [-0.3, -0.25) is 9.59 Å². The van der Waals surface area contributed by atoms with Crippen LogP contribution in [0.5, 0.6) is 0 Å². The molecule has 0 aromatic heterocycles. The van der Waals surface area contributed by atoms with Gasteiger partial charge < -0.3 is 5.11 Å². The molecule has 0 amide bonds. The molecule has 0 saturated heterocycles. The number of halogens is 1. The number of rotatable bonds is 4. The molecule has 0 aliphatic rings. The lowest BCUT2D eigenvalue weighted by Crippen LogP contribution is -2.04. The zero-order valence-electron chi connectivity index (χ0n) is 10.1. The number of benzene rings is 2. The fourth-order valence-electron chi connectivity index (χ4n) is 1.75. The van der Waals surface area contributed by atoms with Gasteiger partial charge in [-0.1, -0.05) is 56.0 Å². The summed E-state index contributed by atoms with van der Waals surface area (Å²) < 4.78 is 0. The number of aliphatic carboxylic acids is 1. The molecule has 0 atom stereocenters. The Morgan fingerprint density at radius 2 is 1.50 bits per heavy atom. The summed E-state index contributed by atoms with van der Waals surface area (Å²) in [6.45, 7) is 0. The molecule has 4 heteroatoms. The third kappa shape index (κ3) is 4.52. The Balaban J connectivity index is 0.00000180. The molecule has 2 aromatic carbocycles. The van der Waals surface area contributed by atoms with E-state index in [4.69, 9.17) is 5.11 Å². The molecule has 1 N–H and O–H groups in total. The lowest BCUT2D eigenvalue weighted by Gasteiger charge is -2.03. The third-order valence-electron chi connectivity index (χ3n) is 2.58. The van der Waals surface area contributed by atoms with Crippen LogP contribution in [0, 0.1) is 0 Å². The molecule has 3 nitrogen and oxygen atoms in total. The van der Waals surface area contributed by atoms with Gasteiger partial charge in [0, 0.05) is 11.1 Å². The van der Waals surface area contributed by atoms with Crippen molar-refractivity contribution in [1.29, 1.82) is 0 Å². The molecule has 0 bridgehead atoms. The van der Waals surface area contributed by atoms with Crippen LogP contribution in [0.3, 0.4) is 0 Å². The van der Waals surface area contributed by atoms with E-state index in [1.54, 1.807) is 48.5 Å². The molecule has 0 heterocycles. The van der Waals surface area contributed by atoms with E-state index in [9.17, 15) is 9.59 Å². The number of carboxylic acid groups (broad SMARTS) is 1. The van der Waals surface area contributed by atoms with E-state index in [-0.39, 0.29) is 32.0 Å². The highest BCUT2D eigenvalue weighted by atomic mass is 35.5. The Hall–Kier alpha value is -2.13. The molecule has 0 spiro atoms. The largest absolute Gasteiger partial charge is 0.481 e. The van der Waals surface area contributed by atoms with E-state index < -0.39 is 5.97 Å². The van der Waals surface area contributed by atoms with Gasteiger partial charge in [0.15, 0.2) is 5.78 Å². The maximum Gasteiger partial charge on any atom is 0.307 e. The lowest BCUT2D eigenvalue weighted by atomic mass is 10.0. The maximum absolute atomic E-state index is 12.1. The van der Waals surface area contributed by atoms with E-state index in [1.165, 1.54) is 0 Å². The highest BCUT2D eigenvalue weighted by Crippen LogP contribution is 2.12. The van der Waals surface area contributed by atoms with Gasteiger partial charge in [0.2, 0.25) is 0 Å². The second-order valence-electron chi connectivity index (χ2n) is 3.97. The first-order chi connectivity index (χ1) is 8.66. The highest BCUT2D eigenvalue weighted by molar-refractivity contribution is 6.09. The average Bonchev–Trinajstić information content (AvgIpc) is 2.38. The van der Waals surface area contributed by atoms with E-state index in [0.29, 0.717) is 16.7 Å². The van der Waals surface area contributed by atoms with Gasteiger partial charge in [-0.25, -0.2) is 0 Å². The van der Waals surface area contributed by atoms with Crippen LogP contribution in [0.1, 0.15) is 28.9 Å². The number of hydrogen-bond acceptors (Lipinski definition) is 2. The number of carbonyl (C=O) groups excluding carboxylic acids is 1. The van der Waals surface area contributed by atoms with Crippen molar-refractivity contribution in [3.05, 3.63) is 71.3 Å². The Morgan fingerprint density at radius 1 is 0.900 bits per heavy atom. The van der Waals surface area contributed by atoms with E-state index >= 15 is 0 Å². The third-order valence-corrected chi connectivity index (χ3v) is 2.58. The van der Waals surface area contributed by atoms with Crippen LogP contribution < -0.4 is 0 Å². The quantitative estimate of drug-likeness (QED) is 0.876. The fraction of sp³-hybridized carbons (Fsp3) is 0.125. The van der Waals surface area contributed by atoms with Crippen molar-refractivity contribution in [3.63, 3.8) is 0 Å². The summed E-state index contributed by atoms with van der Waals surface area (Å²) in [7, 11) is 0. The van der Waals surface area contributed by atoms with E-state index in [2.05, 4.69) is 0 Å². The molecule has 20 heavy (non-hydrogen) atoms. The Labute approximate surface area is 124 Å². The summed E-state index contributed by atoms with van der Waals surface area (Å²) >= 11 is 0. The molecule has 0 unspecified atom stereocenters. The molecular formula is C16H17ClO3. The molecule has 0 radical (unpaired) electrons. The first-order valence-electron chi connectivity index (χ1n) is 5.57. The van der Waals surface area contributed by atoms with Gasteiger partial charge in [-0.15, -0.1) is 12.4 Å². The SMILES string of the molecule is C.Cl.O=C(O)Cc1cccc(C(=O)c2ccccc2)c1. The van der Waals surface area contributed by atoms with Gasteiger partial charge in [0.1, 0.15) is 0 Å². The predicted molar refractivity (Wildman–Crippen MR) is 81.6 cm³/mol. The molecular weight excluding hydrogens is 276 g/mol. The van der Waals surface area contributed by atoms with Crippen molar-refractivity contribution in [1.82, 2.24) is 0 Å². The normalized spacial score (nSPS) is 9.00. The minimum Gasteiger partial charge on any atom is -0.481 e. The van der Waals surface area contributed by atoms with Crippen molar-refractivity contribution < 1.29 is 14.7 Å². The zero-order chi connectivity index (χ0) is 13.0. The molecule has 0 aliphatic carbocycles. The zero-order valence-corrected chi connectivity index (χ0v) is 10.9. The van der Waals surface area contributed by atoms with E-state index in [1.807, 2.05) is 6.07 Å². The monoisotopic (exact) mass is 292 g/mol. The molecule has 0 fully saturated rings. The molecule has 2 rings (SSSR count). The second kappa shape index (κ2) is 8.12. The molecule has 0 saturated carbocycles. The predicted octanol–water partition coefficient (Wildman–Crippen LogP) is 3.60. The van der Waals surface area contributed by atoms with Crippen LogP contribution in [0.2, 0.25) is 0 Å². The van der Waals surface area contributed by atoms with Gasteiger partial charge in [0.05, 0.1) is 6.42 Å². The highest BCUT2D eigenvalue weighted by Gasteiger charge is 2.09. The van der Waals surface area contributed by atoms with Gasteiger partial charge >= 0.3 is 5.97 Å². The topological polar surface area (TPSA) is 54.4 Å². The van der Waals surface area contributed by atoms with Crippen LogP contribution in [-0.2, 0) is 11.2 Å². The molecule has 0 aliphatic heterocycles. The Bertz CT molecular complexity index is 579. The van der Waals surface area contributed by atoms with Crippen molar-refractivity contribution in [3.8, 4) is 0 Å². The first kappa shape index (κ1) is 17.9. The van der Waals surface area contributed by atoms with Crippen molar-refractivity contribution in [2.45, 2.75) is 13.8 Å². The van der Waals surface area contributed by atoms with Crippen molar-refractivity contribution >= 4 is 24.2 Å². The summed E-state index contributed by atoms with van der Waals surface area (Å²) in [4.78, 5) is 22.8. The van der Waals surface area contributed by atoms with Gasteiger partial charge in [-0.05, 0) is 11.6 Å². The minimum absolute atomic E-state index is 0. The number of carboxylic acids is 1. The Kier molecular flexibility index (Phi) is 7.26. The summed E-state index contributed by atoms with van der Waals surface area (Å²) in [5.74, 6) is -0.998. The summed E-state index contributed by atoms with van der Waals surface area (Å²) in [6.07, 6.45) is -0.0735. The van der Waals surface area contributed by atoms with Gasteiger partial charge in [-0.2, -0.15) is 0 Å². The summed E-state index contributed by atoms with van der Waals surface area (Å²) in [5, 5.41) is 8.73. The number of ketones is 1. The molecule has 2 aromatic rings. The summed E-state index contributed by atoms with van der Waals surface area (Å²) in [6, 6.07) is 15.7. The Morgan fingerprint density at radius 3 is 2.10 bits per heavy atom. The average molecular weight is 293 g/mol. The van der Waals surface area contributed by atoms with Crippen molar-refractivity contribution in [2.75, 3.05) is 0 Å². The minimum atomic E-state index is -0.903. The fourth-order valence-corrected chi connectivity index (χ4v) is 1.75. The van der Waals surface area contributed by atoms with Crippen LogP contribution >= 0.6 is 12.4 Å². The van der Waals surface area contributed by atoms with Crippen molar-refractivity contribution in [2.24, 2.45) is 0 Å². The number of carbonyl (C=O) groups is 2. The summed E-state index contributed by atoms with van der Waals surface area (Å²) in [5.41, 5.74) is 1.74. The van der Waals surface area contributed by atoms with Gasteiger partial charge in [0.25, 0.3) is 0 Å². The van der Waals surface area contributed by atoms with Crippen LogP contribution in [-0.4, -0.2) is 16.9 Å². The second-order valence-corrected chi connectivity index (χ2v) is 3.97. The van der Waals surface area contributed by atoms with Crippen LogP contribution in [0.4, 0.5) is 0 Å². The van der Waals surface area contributed by atoms with Crippen LogP contribution in [0.15, 0.2) is 54.6 Å². The molecule has 106 valence electrons. The number of hydrogen-bond donors (Lipinski definition) is 1. The maximum atomic E-state index is 12.1. The van der Waals surface area contributed by atoms with E-state index in [0.717, 1.165) is 0 Å². The smallest absolute Gasteiger partial charge is 0.307 e. The van der Waals surface area contributed by atoms with Crippen LogP contribution in [0.25, 0.3) is 0 Å². The standard InChI is InChI=1S/C15H12O3.CH4.ClH/c16-14(17)10-11-5-4-8-13(9-11)15(18)12-6-2-1-3-7-12;;/h1-9H,10H2,(H,16,17);1H4;1H. The lowest BCUT2D eigenvalue weighted by molar-refractivity contribution is -0.136.